The van der Waals surface area contributed by atoms with Gasteiger partial charge in [-0.05, 0) is 25.8 Å². The zero-order valence-electron chi connectivity index (χ0n) is 17.2. The highest BCUT2D eigenvalue weighted by Crippen LogP contribution is 2.25. The monoisotopic (exact) mass is 396 g/mol. The summed E-state index contributed by atoms with van der Waals surface area (Å²) in [5, 5.41) is 5.56. The predicted octanol–water partition coefficient (Wildman–Crippen LogP) is 2.24. The molecular formula is C20H32N2O6. The molecular weight excluding hydrogens is 364 g/mol. The van der Waals surface area contributed by atoms with E-state index in [0.29, 0.717) is 5.57 Å². The Hall–Kier alpha value is -2.35. The lowest BCUT2D eigenvalue weighted by atomic mass is 9.87. The van der Waals surface area contributed by atoms with E-state index in [2.05, 4.69) is 17.2 Å². The van der Waals surface area contributed by atoms with Gasteiger partial charge in [-0.15, -0.1) is 0 Å². The third-order valence-corrected chi connectivity index (χ3v) is 4.40. The van der Waals surface area contributed by atoms with Gasteiger partial charge in [0.15, 0.2) is 0 Å². The lowest BCUT2D eigenvalue weighted by Gasteiger charge is -2.38. The van der Waals surface area contributed by atoms with Gasteiger partial charge in [0.2, 0.25) is 5.91 Å². The molecule has 28 heavy (non-hydrogen) atoms. The Bertz CT molecular complexity index is 585. The van der Waals surface area contributed by atoms with Gasteiger partial charge in [-0.1, -0.05) is 26.5 Å². The summed E-state index contributed by atoms with van der Waals surface area (Å²) in [5.41, 5.74) is 0.397. The van der Waals surface area contributed by atoms with Crippen molar-refractivity contribution >= 4 is 18.0 Å². The number of esters is 1. The normalized spacial score (nSPS) is 21.5. The molecule has 0 spiro atoms. The third-order valence-electron chi connectivity index (χ3n) is 4.40. The van der Waals surface area contributed by atoms with E-state index in [-0.39, 0.29) is 31.6 Å². The van der Waals surface area contributed by atoms with Crippen molar-refractivity contribution in [3.63, 3.8) is 0 Å². The van der Waals surface area contributed by atoms with Gasteiger partial charge in [0.1, 0.15) is 6.61 Å². The Balaban J connectivity index is 3.16. The molecule has 8 nitrogen and oxygen atoms in total. The second kappa shape index (κ2) is 12.2. The van der Waals surface area contributed by atoms with Crippen molar-refractivity contribution in [1.82, 2.24) is 10.6 Å². The summed E-state index contributed by atoms with van der Waals surface area (Å²) in [5.74, 6) is -0.726. The zero-order valence-corrected chi connectivity index (χ0v) is 17.2. The molecule has 1 aliphatic carbocycles. The molecule has 0 aliphatic heterocycles. The van der Waals surface area contributed by atoms with Gasteiger partial charge in [-0.2, -0.15) is 0 Å². The standard InChI is InChI=1S/C20H32N2O6/c1-6-10-27-20(25)22-16-11-14(19(24)26-9-4)12-17(18(16)21-13(5)23)28-15(7-2)8-3/h6,12,15-18H,1,7-11H2,2-5H3,(H,21,23)(H,22,25)/t16-,17+,18+/m1/s1. The predicted molar refractivity (Wildman–Crippen MR) is 105 cm³/mol. The Labute approximate surface area is 166 Å². The van der Waals surface area contributed by atoms with Crippen LogP contribution in [0.2, 0.25) is 0 Å². The van der Waals surface area contributed by atoms with Gasteiger partial charge in [-0.3, -0.25) is 4.79 Å². The minimum absolute atomic E-state index is 0.0487. The highest BCUT2D eigenvalue weighted by molar-refractivity contribution is 5.89. The van der Waals surface area contributed by atoms with Gasteiger partial charge in [0.25, 0.3) is 0 Å². The van der Waals surface area contributed by atoms with Gasteiger partial charge in [0, 0.05) is 18.9 Å². The van der Waals surface area contributed by atoms with E-state index in [9.17, 15) is 14.4 Å². The first-order valence-electron chi connectivity index (χ1n) is 9.70. The first kappa shape index (κ1) is 23.7. The largest absolute Gasteiger partial charge is 0.463 e. The van der Waals surface area contributed by atoms with Gasteiger partial charge in [0.05, 0.1) is 30.9 Å². The second-order valence-electron chi connectivity index (χ2n) is 6.52. The van der Waals surface area contributed by atoms with Gasteiger partial charge in [-0.25, -0.2) is 9.59 Å². The smallest absolute Gasteiger partial charge is 0.407 e. The lowest BCUT2D eigenvalue weighted by molar-refractivity contribution is -0.139. The maximum absolute atomic E-state index is 12.3. The van der Waals surface area contributed by atoms with Crippen LogP contribution in [0.4, 0.5) is 4.79 Å². The van der Waals surface area contributed by atoms with E-state index < -0.39 is 30.3 Å². The van der Waals surface area contributed by atoms with Crippen LogP contribution in [-0.2, 0) is 23.8 Å². The topological polar surface area (TPSA) is 103 Å². The van der Waals surface area contributed by atoms with Crippen molar-refractivity contribution in [1.29, 1.82) is 0 Å². The fourth-order valence-corrected chi connectivity index (χ4v) is 3.05. The molecule has 0 aromatic carbocycles. The number of amides is 2. The second-order valence-corrected chi connectivity index (χ2v) is 6.52. The summed E-state index contributed by atoms with van der Waals surface area (Å²) in [7, 11) is 0. The Kier molecular flexibility index (Phi) is 10.3. The first-order chi connectivity index (χ1) is 13.4. The van der Waals surface area contributed by atoms with Gasteiger partial charge < -0.3 is 24.8 Å². The number of carbonyl (C=O) groups excluding carboxylic acids is 3. The summed E-state index contributed by atoms with van der Waals surface area (Å²) in [6.07, 6.45) is 3.59. The number of nitrogens with one attached hydrogen (secondary N) is 2. The summed E-state index contributed by atoms with van der Waals surface area (Å²) in [4.78, 5) is 36.2. The fourth-order valence-electron chi connectivity index (χ4n) is 3.05. The maximum atomic E-state index is 12.3. The Morgan fingerprint density at radius 1 is 1.21 bits per heavy atom. The van der Waals surface area contributed by atoms with Crippen LogP contribution in [0, 0.1) is 0 Å². The minimum Gasteiger partial charge on any atom is -0.463 e. The number of ether oxygens (including phenoxy) is 3. The van der Waals surface area contributed by atoms with Crippen molar-refractivity contribution in [2.75, 3.05) is 13.2 Å². The van der Waals surface area contributed by atoms with Crippen molar-refractivity contribution in [3.05, 3.63) is 24.3 Å². The van der Waals surface area contributed by atoms with E-state index >= 15 is 0 Å². The number of alkyl carbamates (subject to hydrolysis) is 1. The summed E-state index contributed by atoms with van der Waals surface area (Å²) < 4.78 is 16.3. The molecule has 0 radical (unpaired) electrons. The third kappa shape index (κ3) is 7.34. The zero-order chi connectivity index (χ0) is 21.1. The minimum atomic E-state index is -0.661. The van der Waals surface area contributed by atoms with Crippen molar-refractivity contribution < 1.29 is 28.6 Å². The Morgan fingerprint density at radius 3 is 2.43 bits per heavy atom. The number of rotatable bonds is 10. The molecule has 0 aromatic heterocycles. The maximum Gasteiger partial charge on any atom is 0.407 e. The van der Waals surface area contributed by atoms with Crippen LogP contribution in [0.1, 0.15) is 47.0 Å². The first-order valence-corrected chi connectivity index (χ1v) is 9.70. The summed E-state index contributed by atoms with van der Waals surface area (Å²) in [6.45, 7) is 10.9. The van der Waals surface area contributed by atoms with Crippen molar-refractivity contribution in [2.24, 2.45) is 0 Å². The van der Waals surface area contributed by atoms with Crippen LogP contribution in [0.5, 0.6) is 0 Å². The van der Waals surface area contributed by atoms with Crippen LogP contribution in [0.15, 0.2) is 24.3 Å². The molecule has 1 aliphatic rings. The lowest BCUT2D eigenvalue weighted by Crippen LogP contribution is -2.59. The van der Waals surface area contributed by atoms with Crippen molar-refractivity contribution in [3.8, 4) is 0 Å². The quantitative estimate of drug-likeness (QED) is 0.434. The van der Waals surface area contributed by atoms with Crippen LogP contribution in [0.3, 0.4) is 0 Å². The summed E-state index contributed by atoms with van der Waals surface area (Å²) in [6, 6.07) is -1.14. The van der Waals surface area contributed by atoms with E-state index in [1.165, 1.54) is 13.0 Å². The molecule has 8 heteroatoms. The molecule has 2 N–H and O–H groups in total. The molecule has 0 fully saturated rings. The highest BCUT2D eigenvalue weighted by Gasteiger charge is 2.38. The van der Waals surface area contributed by atoms with E-state index in [4.69, 9.17) is 14.2 Å². The Morgan fingerprint density at radius 2 is 1.89 bits per heavy atom. The molecule has 0 aromatic rings. The van der Waals surface area contributed by atoms with Crippen molar-refractivity contribution in [2.45, 2.75) is 71.2 Å². The van der Waals surface area contributed by atoms with E-state index in [1.807, 2.05) is 13.8 Å². The number of hydrogen-bond acceptors (Lipinski definition) is 6. The average molecular weight is 396 g/mol. The SMILES string of the molecule is C=CCOC(=O)N[C@@H]1CC(C(=O)OCC)=C[C@H](OC(CC)CC)[C@H]1NC(C)=O. The van der Waals surface area contributed by atoms with Crippen LogP contribution < -0.4 is 10.6 Å². The van der Waals surface area contributed by atoms with E-state index in [0.717, 1.165) is 12.8 Å². The summed E-state index contributed by atoms with van der Waals surface area (Å²) >= 11 is 0. The van der Waals surface area contributed by atoms with Gasteiger partial charge >= 0.3 is 12.1 Å². The molecule has 0 saturated heterocycles. The number of carbonyl (C=O) groups is 3. The molecule has 158 valence electrons. The molecule has 2 amide bonds. The molecule has 0 unspecified atom stereocenters. The molecule has 0 saturated carbocycles. The average Bonchev–Trinajstić information content (AvgIpc) is 2.66. The van der Waals surface area contributed by atoms with Crippen LogP contribution in [-0.4, -0.2) is 55.5 Å². The van der Waals surface area contributed by atoms with E-state index in [1.54, 1.807) is 13.0 Å². The highest BCUT2D eigenvalue weighted by atomic mass is 16.5. The molecule has 1 rings (SSSR count). The molecule has 0 heterocycles. The van der Waals surface area contributed by atoms with Crippen LogP contribution >= 0.6 is 0 Å². The number of hydrogen-bond donors (Lipinski definition) is 2. The molecule has 3 atom stereocenters. The van der Waals surface area contributed by atoms with Crippen LogP contribution in [0.25, 0.3) is 0 Å². The fraction of sp³-hybridized carbons (Fsp3) is 0.650. The molecule has 0 bridgehead atoms.